The van der Waals surface area contributed by atoms with Gasteiger partial charge in [-0.25, -0.2) is 8.78 Å². The standard InChI is InChI=1S/C14H17F2NO2/c1-9(2)7-17(8-10(3)14(18)19)13-6-11(15)4-5-12(13)16/h4-6,10H,1,7-8H2,2-3H3,(H,18,19). The molecule has 1 atom stereocenters. The summed E-state index contributed by atoms with van der Waals surface area (Å²) >= 11 is 0. The minimum Gasteiger partial charge on any atom is -0.481 e. The number of carboxylic acids is 1. The van der Waals surface area contributed by atoms with Gasteiger partial charge in [-0.2, -0.15) is 0 Å². The van der Waals surface area contributed by atoms with Crippen molar-refractivity contribution in [3.05, 3.63) is 42.0 Å². The van der Waals surface area contributed by atoms with Crippen molar-refractivity contribution < 1.29 is 18.7 Å². The molecule has 3 nitrogen and oxygen atoms in total. The van der Waals surface area contributed by atoms with Gasteiger partial charge in [0.05, 0.1) is 11.6 Å². The molecule has 0 saturated carbocycles. The van der Waals surface area contributed by atoms with Gasteiger partial charge in [-0.15, -0.1) is 0 Å². The van der Waals surface area contributed by atoms with Crippen LogP contribution in [0.5, 0.6) is 0 Å². The van der Waals surface area contributed by atoms with Crippen molar-refractivity contribution in [1.82, 2.24) is 0 Å². The van der Waals surface area contributed by atoms with Crippen molar-refractivity contribution in [1.29, 1.82) is 0 Å². The van der Waals surface area contributed by atoms with Crippen LogP contribution >= 0.6 is 0 Å². The van der Waals surface area contributed by atoms with Crippen LogP contribution in [0, 0.1) is 17.6 Å². The van der Waals surface area contributed by atoms with Gasteiger partial charge >= 0.3 is 5.97 Å². The molecule has 5 heteroatoms. The summed E-state index contributed by atoms with van der Waals surface area (Å²) in [6, 6.07) is 3.12. The Balaban J connectivity index is 3.05. The van der Waals surface area contributed by atoms with Crippen LogP contribution in [0.1, 0.15) is 13.8 Å². The van der Waals surface area contributed by atoms with Gasteiger partial charge in [-0.1, -0.05) is 19.1 Å². The molecule has 0 spiro atoms. The predicted octanol–water partition coefficient (Wildman–Crippen LogP) is 3.07. The molecule has 0 aliphatic rings. The summed E-state index contributed by atoms with van der Waals surface area (Å²) < 4.78 is 26.9. The zero-order valence-corrected chi connectivity index (χ0v) is 11.0. The molecule has 1 aromatic rings. The maximum Gasteiger partial charge on any atom is 0.308 e. The average molecular weight is 269 g/mol. The molecule has 1 N–H and O–H groups in total. The number of carboxylic acid groups (broad SMARTS) is 1. The van der Waals surface area contributed by atoms with Crippen LogP contribution in [0.4, 0.5) is 14.5 Å². The van der Waals surface area contributed by atoms with E-state index in [4.69, 9.17) is 5.11 Å². The highest BCUT2D eigenvalue weighted by Gasteiger charge is 2.19. The van der Waals surface area contributed by atoms with Crippen LogP contribution in [0.2, 0.25) is 0 Å². The number of hydrogen-bond donors (Lipinski definition) is 1. The van der Waals surface area contributed by atoms with Crippen molar-refractivity contribution in [3.8, 4) is 0 Å². The Morgan fingerprint density at radius 1 is 1.47 bits per heavy atom. The van der Waals surface area contributed by atoms with Crippen molar-refractivity contribution in [2.24, 2.45) is 5.92 Å². The van der Waals surface area contributed by atoms with Crippen molar-refractivity contribution >= 4 is 11.7 Å². The second-order valence-electron chi connectivity index (χ2n) is 4.67. The fraction of sp³-hybridized carbons (Fsp3) is 0.357. The van der Waals surface area contributed by atoms with Crippen molar-refractivity contribution in [3.63, 3.8) is 0 Å². The van der Waals surface area contributed by atoms with E-state index < -0.39 is 23.5 Å². The van der Waals surface area contributed by atoms with Gasteiger partial charge in [0.1, 0.15) is 11.6 Å². The van der Waals surface area contributed by atoms with Gasteiger partial charge in [-0.05, 0) is 19.1 Å². The van der Waals surface area contributed by atoms with Crippen LogP contribution in [0.15, 0.2) is 30.4 Å². The summed E-state index contributed by atoms with van der Waals surface area (Å²) in [5.74, 6) is -2.82. The van der Waals surface area contributed by atoms with Crippen LogP contribution in [0.25, 0.3) is 0 Å². The van der Waals surface area contributed by atoms with E-state index >= 15 is 0 Å². The predicted molar refractivity (Wildman–Crippen MR) is 70.2 cm³/mol. The molecule has 1 unspecified atom stereocenters. The average Bonchev–Trinajstić information content (AvgIpc) is 2.30. The highest BCUT2D eigenvalue weighted by atomic mass is 19.1. The topological polar surface area (TPSA) is 40.5 Å². The Morgan fingerprint density at radius 3 is 2.63 bits per heavy atom. The smallest absolute Gasteiger partial charge is 0.308 e. The normalized spacial score (nSPS) is 12.0. The molecule has 0 aliphatic heterocycles. The first kappa shape index (κ1) is 15.1. The van der Waals surface area contributed by atoms with Crippen LogP contribution < -0.4 is 4.90 Å². The van der Waals surface area contributed by atoms with Crippen molar-refractivity contribution in [2.45, 2.75) is 13.8 Å². The SMILES string of the molecule is C=C(C)CN(CC(C)C(=O)O)c1cc(F)ccc1F. The third-order valence-corrected chi connectivity index (χ3v) is 2.63. The van der Waals surface area contributed by atoms with Crippen LogP contribution in [0.3, 0.4) is 0 Å². The zero-order valence-electron chi connectivity index (χ0n) is 11.0. The minimum atomic E-state index is -0.983. The van der Waals surface area contributed by atoms with Crippen LogP contribution in [-0.2, 0) is 4.79 Å². The number of anilines is 1. The number of carbonyl (C=O) groups is 1. The number of rotatable bonds is 6. The molecule has 0 bridgehead atoms. The van der Waals surface area contributed by atoms with E-state index in [-0.39, 0.29) is 18.8 Å². The molecule has 0 aliphatic carbocycles. The molecule has 104 valence electrons. The quantitative estimate of drug-likeness (QED) is 0.807. The number of aliphatic carboxylic acids is 1. The first-order valence-electron chi connectivity index (χ1n) is 5.88. The maximum absolute atomic E-state index is 13.7. The van der Waals surface area contributed by atoms with E-state index in [1.165, 1.54) is 11.8 Å². The first-order valence-corrected chi connectivity index (χ1v) is 5.88. The lowest BCUT2D eigenvalue weighted by atomic mass is 10.1. The molecule has 1 aromatic carbocycles. The Bertz CT molecular complexity index is 488. The fourth-order valence-corrected chi connectivity index (χ4v) is 1.71. The second kappa shape index (κ2) is 6.31. The molecule has 0 fully saturated rings. The van der Waals surface area contributed by atoms with E-state index in [1.807, 2.05) is 0 Å². The number of benzene rings is 1. The molecule has 0 heterocycles. The lowest BCUT2D eigenvalue weighted by Gasteiger charge is -2.27. The highest BCUT2D eigenvalue weighted by Crippen LogP contribution is 2.22. The third-order valence-electron chi connectivity index (χ3n) is 2.63. The summed E-state index contributed by atoms with van der Waals surface area (Å²) in [6.07, 6.45) is 0. The van der Waals surface area contributed by atoms with Gasteiger partial charge in [0, 0.05) is 19.2 Å². The van der Waals surface area contributed by atoms with E-state index in [0.29, 0.717) is 0 Å². The third kappa shape index (κ3) is 4.35. The van der Waals surface area contributed by atoms with Crippen LogP contribution in [-0.4, -0.2) is 24.2 Å². The molecule has 0 aromatic heterocycles. The highest BCUT2D eigenvalue weighted by molar-refractivity contribution is 5.70. The van der Waals surface area contributed by atoms with Gasteiger partial charge in [0.25, 0.3) is 0 Å². The Hall–Kier alpha value is -1.91. The largest absolute Gasteiger partial charge is 0.481 e. The van der Waals surface area contributed by atoms with Gasteiger partial charge < -0.3 is 10.0 Å². The summed E-state index contributed by atoms with van der Waals surface area (Å²) in [5, 5.41) is 8.92. The minimum absolute atomic E-state index is 0.0519. The number of nitrogens with zero attached hydrogens (tertiary/aromatic N) is 1. The second-order valence-corrected chi connectivity index (χ2v) is 4.67. The van der Waals surface area contributed by atoms with Crippen molar-refractivity contribution in [2.75, 3.05) is 18.0 Å². The van der Waals surface area contributed by atoms with E-state index in [9.17, 15) is 13.6 Å². The number of hydrogen-bond acceptors (Lipinski definition) is 2. The van der Waals surface area contributed by atoms with E-state index in [2.05, 4.69) is 6.58 Å². The lowest BCUT2D eigenvalue weighted by Crippen LogP contribution is -2.33. The first-order chi connectivity index (χ1) is 8.81. The zero-order chi connectivity index (χ0) is 14.6. The Morgan fingerprint density at radius 2 is 2.11 bits per heavy atom. The van der Waals surface area contributed by atoms with Gasteiger partial charge in [0.15, 0.2) is 0 Å². The monoisotopic (exact) mass is 269 g/mol. The van der Waals surface area contributed by atoms with Gasteiger partial charge in [-0.3, -0.25) is 4.79 Å². The van der Waals surface area contributed by atoms with E-state index in [0.717, 1.165) is 23.8 Å². The lowest BCUT2D eigenvalue weighted by molar-refractivity contribution is -0.140. The Kier molecular flexibility index (Phi) is 5.03. The molecular formula is C14H17F2NO2. The molecule has 0 amide bonds. The summed E-state index contributed by atoms with van der Waals surface area (Å²) in [6.45, 7) is 7.35. The molecule has 0 radical (unpaired) electrons. The molecule has 0 saturated heterocycles. The summed E-state index contributed by atoms with van der Waals surface area (Å²) in [5.41, 5.74) is 0.789. The molecule has 19 heavy (non-hydrogen) atoms. The molecular weight excluding hydrogens is 252 g/mol. The van der Waals surface area contributed by atoms with E-state index in [1.54, 1.807) is 6.92 Å². The summed E-state index contributed by atoms with van der Waals surface area (Å²) in [4.78, 5) is 12.4. The maximum atomic E-state index is 13.7. The summed E-state index contributed by atoms with van der Waals surface area (Å²) in [7, 11) is 0. The fourth-order valence-electron chi connectivity index (χ4n) is 1.71. The Labute approximate surface area is 111 Å². The number of halogens is 2. The van der Waals surface area contributed by atoms with Gasteiger partial charge in [0.2, 0.25) is 0 Å². The molecule has 1 rings (SSSR count).